The predicted octanol–water partition coefficient (Wildman–Crippen LogP) is 5.18. The lowest BCUT2D eigenvalue weighted by Crippen LogP contribution is -2.55. The second-order valence-electron chi connectivity index (χ2n) is 15.4. The first-order valence-corrected chi connectivity index (χ1v) is 20.6. The lowest BCUT2D eigenvalue weighted by atomic mass is 9.95. The highest BCUT2D eigenvalue weighted by Gasteiger charge is 2.39. The number of aromatic nitrogens is 4. The maximum atomic E-state index is 13.2. The number of carbonyl (C=O) groups is 2. The molecule has 10 rings (SSSR count). The van der Waals surface area contributed by atoms with Crippen molar-refractivity contribution in [1.82, 2.24) is 29.1 Å². The van der Waals surface area contributed by atoms with Crippen LogP contribution >= 0.6 is 0 Å². The molecule has 0 spiro atoms. The Balaban J connectivity index is 0.000000158. The van der Waals surface area contributed by atoms with Gasteiger partial charge in [0.15, 0.2) is 22.9 Å². The number of aromatic hydroxyl groups is 2. The smallest absolute Gasteiger partial charge is 0.278 e. The van der Waals surface area contributed by atoms with Crippen molar-refractivity contribution in [3.8, 4) is 11.5 Å². The number of benzene rings is 2. The minimum Gasteiger partial charge on any atom is -0.502 e. The molecule has 0 saturated heterocycles. The van der Waals surface area contributed by atoms with E-state index in [1.54, 1.807) is 43.9 Å². The molecule has 2 aromatic carbocycles. The predicted molar refractivity (Wildman–Crippen MR) is 233 cm³/mol. The SMILES string of the molecule is O=C1c2c(O)c(=O)ccn2N2CN1C/C=C\CCc1ncccc1[C@@H]2c1ccccc1.O=C1c2c(O)c(=O)ccn2N2CN1C/C=C\CCc1ncccc1[C@H]2c1ccccc1. The van der Waals surface area contributed by atoms with Crippen molar-refractivity contribution >= 4 is 11.8 Å². The zero-order valence-electron chi connectivity index (χ0n) is 33.8. The molecule has 0 saturated carbocycles. The lowest BCUT2D eigenvalue weighted by molar-refractivity contribution is 0.0694. The van der Waals surface area contributed by atoms with Gasteiger partial charge >= 0.3 is 0 Å². The van der Waals surface area contributed by atoms with Gasteiger partial charge in [0.1, 0.15) is 13.3 Å². The fourth-order valence-electron chi connectivity index (χ4n) is 8.66. The molecule has 4 aliphatic rings. The third kappa shape index (κ3) is 7.40. The van der Waals surface area contributed by atoms with Gasteiger partial charge in [-0.3, -0.25) is 48.5 Å². The zero-order chi connectivity index (χ0) is 42.7. The molecule has 0 radical (unpaired) electrons. The molecule has 0 unspecified atom stereocenters. The fraction of sp³-hybridized carbons (Fsp3) is 0.208. The summed E-state index contributed by atoms with van der Waals surface area (Å²) in [5.74, 6) is -1.79. The van der Waals surface area contributed by atoms with Crippen LogP contribution < -0.4 is 20.9 Å². The minimum atomic E-state index is -0.570. The molecule has 4 bridgehead atoms. The number of nitrogens with zero attached hydrogens (tertiary/aromatic N) is 8. The Morgan fingerprint density at radius 3 is 1.34 bits per heavy atom. The van der Waals surface area contributed by atoms with Crippen molar-refractivity contribution in [3.05, 3.63) is 212 Å². The Hall–Kier alpha value is -7.74. The number of carbonyl (C=O) groups excluding carboxylic acids is 2. The largest absolute Gasteiger partial charge is 0.502 e. The highest BCUT2D eigenvalue weighted by molar-refractivity contribution is 5.97. The first-order valence-electron chi connectivity index (χ1n) is 20.6. The standard InChI is InChI=1S/2C24H22N4O3/c2*29-20-12-15-27-22(23(20)30)24(31)26-14-6-2-5-11-19-18(10-7-13-25-19)21(28(27)16-26)17-8-3-1-4-9-17/h2*1-4,6-10,12-13,15,21,30H,5,11,14,16H2/b2*6-2-/t2*21-/m10/s1. The van der Waals surface area contributed by atoms with Gasteiger partial charge in [-0.1, -0.05) is 97.1 Å². The Kier molecular flexibility index (Phi) is 10.9. The summed E-state index contributed by atoms with van der Waals surface area (Å²) < 4.78 is 3.23. The van der Waals surface area contributed by atoms with Gasteiger partial charge < -0.3 is 20.0 Å². The van der Waals surface area contributed by atoms with Crippen LogP contribution in [0.4, 0.5) is 0 Å². The molecule has 2 N–H and O–H groups in total. The summed E-state index contributed by atoms with van der Waals surface area (Å²) in [5, 5.41) is 25.1. The summed E-state index contributed by atoms with van der Waals surface area (Å²) in [5.41, 5.74) is 4.92. The van der Waals surface area contributed by atoms with Gasteiger partial charge in [-0.05, 0) is 48.9 Å². The molecular weight excluding hydrogens is 785 g/mol. The monoisotopic (exact) mass is 828 g/mol. The van der Waals surface area contributed by atoms with Crippen molar-refractivity contribution in [3.63, 3.8) is 0 Å². The van der Waals surface area contributed by atoms with Gasteiger partial charge in [0, 0.05) is 72.5 Å². The first-order chi connectivity index (χ1) is 30.3. The van der Waals surface area contributed by atoms with Gasteiger partial charge in [-0.2, -0.15) is 0 Å². The van der Waals surface area contributed by atoms with Crippen molar-refractivity contribution in [2.45, 2.75) is 37.8 Å². The van der Waals surface area contributed by atoms with Crippen LogP contribution in [0.15, 0.2) is 156 Å². The summed E-state index contributed by atoms with van der Waals surface area (Å²) in [6.07, 6.45) is 17.9. The highest BCUT2D eigenvalue weighted by Crippen LogP contribution is 2.36. The molecule has 6 aromatic rings. The fourth-order valence-corrected chi connectivity index (χ4v) is 8.66. The lowest BCUT2D eigenvalue weighted by Gasteiger charge is -2.43. The molecule has 2 atom stereocenters. The molecule has 14 nitrogen and oxygen atoms in total. The van der Waals surface area contributed by atoms with Gasteiger partial charge in [-0.25, -0.2) is 0 Å². The van der Waals surface area contributed by atoms with Crippen LogP contribution in [0.2, 0.25) is 0 Å². The van der Waals surface area contributed by atoms with E-state index in [2.05, 4.69) is 22.1 Å². The molecule has 312 valence electrons. The van der Waals surface area contributed by atoms with Crippen molar-refractivity contribution < 1.29 is 19.8 Å². The molecule has 62 heavy (non-hydrogen) atoms. The number of aryl methyl sites for hydroxylation is 2. The van der Waals surface area contributed by atoms with Crippen LogP contribution in [0.1, 0.15) is 79.5 Å². The van der Waals surface area contributed by atoms with E-state index in [9.17, 15) is 29.4 Å². The number of hydrogen-bond donors (Lipinski definition) is 2. The van der Waals surface area contributed by atoms with E-state index in [4.69, 9.17) is 0 Å². The van der Waals surface area contributed by atoms with E-state index in [1.807, 2.05) is 107 Å². The molecule has 2 amide bonds. The quantitative estimate of drug-likeness (QED) is 0.223. The molecule has 0 fully saturated rings. The third-order valence-corrected chi connectivity index (χ3v) is 11.6. The number of pyridine rings is 4. The van der Waals surface area contributed by atoms with Gasteiger partial charge in [-0.15, -0.1) is 0 Å². The number of fused-ring (bicyclic) bond motifs is 10. The van der Waals surface area contributed by atoms with Crippen molar-refractivity contribution in [2.75, 3.05) is 36.4 Å². The van der Waals surface area contributed by atoms with Crippen molar-refractivity contribution in [1.29, 1.82) is 0 Å². The van der Waals surface area contributed by atoms with E-state index in [0.29, 0.717) is 26.4 Å². The Morgan fingerprint density at radius 2 is 0.919 bits per heavy atom. The van der Waals surface area contributed by atoms with Gasteiger partial charge in [0.2, 0.25) is 10.9 Å². The number of allylic oxidation sites excluding steroid dienone is 2. The third-order valence-electron chi connectivity index (χ3n) is 11.6. The van der Waals surface area contributed by atoms with Crippen LogP contribution in [0.5, 0.6) is 11.5 Å². The maximum Gasteiger partial charge on any atom is 0.278 e. The summed E-state index contributed by atoms with van der Waals surface area (Å²) in [4.78, 5) is 63.3. The van der Waals surface area contributed by atoms with Crippen LogP contribution in [0.25, 0.3) is 0 Å². The molecule has 8 heterocycles. The number of amides is 2. The minimum absolute atomic E-state index is 0.0160. The van der Waals surface area contributed by atoms with Crippen LogP contribution in [-0.4, -0.2) is 77.6 Å². The molecule has 0 aliphatic carbocycles. The summed E-state index contributed by atoms with van der Waals surface area (Å²) >= 11 is 0. The second-order valence-corrected chi connectivity index (χ2v) is 15.4. The van der Waals surface area contributed by atoms with Crippen LogP contribution in [-0.2, 0) is 12.8 Å². The van der Waals surface area contributed by atoms with Gasteiger partial charge in [0.05, 0.1) is 12.1 Å². The molecule has 4 aliphatic heterocycles. The summed E-state index contributed by atoms with van der Waals surface area (Å²) in [6, 6.07) is 30.0. The Morgan fingerprint density at radius 1 is 0.500 bits per heavy atom. The second kappa shape index (κ2) is 17.1. The van der Waals surface area contributed by atoms with Crippen LogP contribution in [0, 0.1) is 0 Å². The number of rotatable bonds is 2. The molecule has 4 aromatic heterocycles. The van der Waals surface area contributed by atoms with E-state index in [-0.39, 0.29) is 35.3 Å². The molecule has 14 heteroatoms. The average molecular weight is 829 g/mol. The van der Waals surface area contributed by atoms with Gasteiger partial charge in [0.25, 0.3) is 11.8 Å². The van der Waals surface area contributed by atoms with Crippen molar-refractivity contribution in [2.24, 2.45) is 0 Å². The summed E-state index contributed by atoms with van der Waals surface area (Å²) in [7, 11) is 0. The topological polar surface area (TPSA) is 157 Å². The maximum absolute atomic E-state index is 13.2. The Bertz CT molecular complexity index is 2630. The van der Waals surface area contributed by atoms with E-state index < -0.39 is 22.4 Å². The summed E-state index contributed by atoms with van der Waals surface area (Å²) in [6.45, 7) is 1.38. The van der Waals surface area contributed by atoms with E-state index >= 15 is 0 Å². The van der Waals surface area contributed by atoms with E-state index in [1.165, 1.54) is 12.1 Å². The Labute approximate surface area is 357 Å². The zero-order valence-corrected chi connectivity index (χ0v) is 33.8. The van der Waals surface area contributed by atoms with E-state index in [0.717, 1.165) is 59.3 Å². The average Bonchev–Trinajstić information content (AvgIpc) is 3.35. The van der Waals surface area contributed by atoms with Crippen LogP contribution in [0.3, 0.4) is 0 Å². The normalized spacial score (nSPS) is 19.2. The first kappa shape index (κ1) is 39.7. The highest BCUT2D eigenvalue weighted by atomic mass is 16.3. The number of hydrogen-bond acceptors (Lipinski definition) is 10. The molecular formula is C48H44N8O6.